The topological polar surface area (TPSA) is 44.8 Å². The Kier molecular flexibility index (Phi) is 3.24. The van der Waals surface area contributed by atoms with Crippen LogP contribution in [0.4, 0.5) is 0 Å². The first-order chi connectivity index (χ1) is 7.60. The molecular weight excluding hydrogens is 227 g/mol. The molecule has 0 unspecified atom stereocenters. The minimum atomic E-state index is -3.24. The predicted molar refractivity (Wildman–Crippen MR) is 61.0 cm³/mol. The van der Waals surface area contributed by atoms with Crippen molar-refractivity contribution in [1.82, 2.24) is 0 Å². The molecule has 0 saturated carbocycles. The van der Waals surface area contributed by atoms with Gasteiger partial charge in [-0.2, -0.15) is 0 Å². The van der Waals surface area contributed by atoms with Gasteiger partial charge in [-0.1, -0.05) is 13.0 Å². The second-order valence-corrected chi connectivity index (χ2v) is 6.30. The van der Waals surface area contributed by atoms with E-state index in [1.165, 1.54) is 14.2 Å². The summed E-state index contributed by atoms with van der Waals surface area (Å²) >= 11 is 0. The van der Waals surface area contributed by atoms with E-state index in [4.69, 9.17) is 13.8 Å². The van der Waals surface area contributed by atoms with E-state index >= 15 is 0 Å². The van der Waals surface area contributed by atoms with Gasteiger partial charge in [-0.05, 0) is 24.5 Å². The highest BCUT2D eigenvalue weighted by Crippen LogP contribution is 2.58. The number of hydrogen-bond donors (Lipinski definition) is 0. The lowest BCUT2D eigenvalue weighted by Gasteiger charge is -2.32. The highest BCUT2D eigenvalue weighted by atomic mass is 31.2. The van der Waals surface area contributed by atoms with Crippen molar-refractivity contribution in [3.63, 3.8) is 0 Å². The zero-order valence-electron chi connectivity index (χ0n) is 9.75. The zero-order valence-corrected chi connectivity index (χ0v) is 10.6. The third-order valence-electron chi connectivity index (χ3n) is 3.24. The molecule has 0 saturated heterocycles. The number of ether oxygens (including phenoxy) is 1. The van der Waals surface area contributed by atoms with Crippen LogP contribution in [-0.4, -0.2) is 20.3 Å². The van der Waals surface area contributed by atoms with Crippen molar-refractivity contribution in [2.24, 2.45) is 11.8 Å². The summed E-state index contributed by atoms with van der Waals surface area (Å²) in [5, 5.41) is 0. The van der Waals surface area contributed by atoms with Gasteiger partial charge in [-0.25, -0.2) is 0 Å². The molecule has 0 bridgehead atoms. The van der Waals surface area contributed by atoms with Crippen molar-refractivity contribution in [3.8, 4) is 0 Å². The van der Waals surface area contributed by atoms with E-state index in [-0.39, 0.29) is 6.10 Å². The molecular formula is C11H17O4P. The second kappa shape index (κ2) is 4.36. The molecule has 2 aliphatic rings. The smallest absolute Gasteiger partial charge is 0.394 e. The molecule has 16 heavy (non-hydrogen) atoms. The predicted octanol–water partition coefficient (Wildman–Crippen LogP) is 2.92. The van der Waals surface area contributed by atoms with E-state index in [0.717, 1.165) is 6.42 Å². The molecule has 1 aliphatic carbocycles. The molecule has 0 radical (unpaired) electrons. The summed E-state index contributed by atoms with van der Waals surface area (Å²) < 4.78 is 27.7. The summed E-state index contributed by atoms with van der Waals surface area (Å²) in [7, 11) is -0.497. The molecule has 2 rings (SSSR count). The first kappa shape index (κ1) is 11.9. The van der Waals surface area contributed by atoms with Crippen LogP contribution in [0.25, 0.3) is 0 Å². The van der Waals surface area contributed by atoms with Crippen molar-refractivity contribution in [1.29, 1.82) is 0 Å². The minimum Gasteiger partial charge on any atom is -0.478 e. The Morgan fingerprint density at radius 2 is 2.12 bits per heavy atom. The highest BCUT2D eigenvalue weighted by Gasteiger charge is 2.40. The van der Waals surface area contributed by atoms with Gasteiger partial charge in [0.1, 0.15) is 6.10 Å². The van der Waals surface area contributed by atoms with Crippen LogP contribution in [0.15, 0.2) is 23.7 Å². The lowest BCUT2D eigenvalue weighted by atomic mass is 9.89. The standard InChI is InChI=1S/C11H17O4P/c1-8-7-11(16(12,13-2)14-3)15-10-6-4-5-9(8)10/h4,6-10H,5H2,1-3H3/t8-,9-,10+/m1/s1. The fourth-order valence-corrected chi connectivity index (χ4v) is 3.40. The van der Waals surface area contributed by atoms with Gasteiger partial charge in [0.15, 0.2) is 0 Å². The lowest BCUT2D eigenvalue weighted by molar-refractivity contribution is 0.0784. The van der Waals surface area contributed by atoms with E-state index in [1.54, 1.807) is 0 Å². The maximum atomic E-state index is 12.2. The molecule has 0 amide bonds. The van der Waals surface area contributed by atoms with Crippen molar-refractivity contribution >= 4 is 7.60 Å². The van der Waals surface area contributed by atoms with Gasteiger partial charge < -0.3 is 13.8 Å². The number of hydrogen-bond acceptors (Lipinski definition) is 4. The molecule has 0 aromatic carbocycles. The summed E-state index contributed by atoms with van der Waals surface area (Å²) in [6.07, 6.45) is 7.01. The maximum Gasteiger partial charge on any atom is 0.394 e. The average molecular weight is 244 g/mol. The van der Waals surface area contributed by atoms with Crippen LogP contribution in [0.3, 0.4) is 0 Å². The van der Waals surface area contributed by atoms with E-state index < -0.39 is 7.60 Å². The summed E-state index contributed by atoms with van der Waals surface area (Å²) in [6, 6.07) is 0. The van der Waals surface area contributed by atoms with Gasteiger partial charge in [0.25, 0.3) is 0 Å². The third kappa shape index (κ3) is 1.86. The van der Waals surface area contributed by atoms with Crippen LogP contribution in [0.5, 0.6) is 0 Å². The van der Waals surface area contributed by atoms with E-state index in [9.17, 15) is 4.57 Å². The fourth-order valence-electron chi connectivity index (χ4n) is 2.22. The van der Waals surface area contributed by atoms with Crippen molar-refractivity contribution in [2.75, 3.05) is 14.2 Å². The van der Waals surface area contributed by atoms with Gasteiger partial charge in [-0.3, -0.25) is 4.57 Å². The maximum absolute atomic E-state index is 12.2. The zero-order chi connectivity index (χ0) is 11.8. The first-order valence-electron chi connectivity index (χ1n) is 5.38. The van der Waals surface area contributed by atoms with Crippen molar-refractivity contribution < 1.29 is 18.3 Å². The Morgan fingerprint density at radius 3 is 2.75 bits per heavy atom. The molecule has 5 heteroatoms. The molecule has 0 spiro atoms. The van der Waals surface area contributed by atoms with Gasteiger partial charge >= 0.3 is 7.60 Å². The monoisotopic (exact) mass is 244 g/mol. The van der Waals surface area contributed by atoms with Crippen LogP contribution in [0.2, 0.25) is 0 Å². The average Bonchev–Trinajstić information content (AvgIpc) is 2.76. The first-order valence-corrected chi connectivity index (χ1v) is 6.92. The van der Waals surface area contributed by atoms with Crippen LogP contribution in [0.1, 0.15) is 13.3 Å². The largest absolute Gasteiger partial charge is 0.478 e. The number of allylic oxidation sites excluding steroid dienone is 2. The molecule has 3 atom stereocenters. The Bertz CT molecular complexity index is 366. The lowest BCUT2D eigenvalue weighted by Crippen LogP contribution is -2.28. The summed E-state index contributed by atoms with van der Waals surface area (Å²) in [5.74, 6) is 0.772. The van der Waals surface area contributed by atoms with Crippen molar-refractivity contribution in [3.05, 3.63) is 23.7 Å². The van der Waals surface area contributed by atoms with E-state index in [1.807, 2.05) is 12.2 Å². The van der Waals surface area contributed by atoms with Gasteiger partial charge in [0.05, 0.1) is 0 Å². The molecule has 0 aromatic heterocycles. The van der Waals surface area contributed by atoms with Crippen LogP contribution in [0, 0.1) is 11.8 Å². The second-order valence-electron chi connectivity index (χ2n) is 4.14. The molecule has 0 N–H and O–H groups in total. The van der Waals surface area contributed by atoms with Crippen molar-refractivity contribution in [2.45, 2.75) is 19.4 Å². The van der Waals surface area contributed by atoms with E-state index in [2.05, 4.69) is 13.0 Å². The summed E-state index contributed by atoms with van der Waals surface area (Å²) in [6.45, 7) is 2.10. The summed E-state index contributed by atoms with van der Waals surface area (Å²) in [5.41, 5.74) is 0.345. The normalized spacial score (nSPS) is 33.2. The Labute approximate surface area is 95.8 Å². The Balaban J connectivity index is 2.26. The molecule has 0 aromatic rings. The van der Waals surface area contributed by atoms with E-state index in [0.29, 0.717) is 17.3 Å². The molecule has 4 nitrogen and oxygen atoms in total. The molecule has 1 heterocycles. The quantitative estimate of drug-likeness (QED) is 0.565. The van der Waals surface area contributed by atoms with Crippen LogP contribution < -0.4 is 0 Å². The fraction of sp³-hybridized carbons (Fsp3) is 0.636. The van der Waals surface area contributed by atoms with Gasteiger partial charge in [0, 0.05) is 20.1 Å². The number of fused-ring (bicyclic) bond motifs is 1. The molecule has 90 valence electrons. The Hall–Kier alpha value is -0.570. The Morgan fingerprint density at radius 1 is 1.44 bits per heavy atom. The molecule has 0 fully saturated rings. The molecule has 1 aliphatic heterocycles. The third-order valence-corrected chi connectivity index (χ3v) is 5.00. The van der Waals surface area contributed by atoms with Gasteiger partial charge in [0.2, 0.25) is 5.50 Å². The van der Waals surface area contributed by atoms with Crippen LogP contribution in [-0.2, 0) is 18.3 Å². The summed E-state index contributed by atoms with van der Waals surface area (Å²) in [4.78, 5) is 0. The van der Waals surface area contributed by atoms with Crippen LogP contribution >= 0.6 is 7.60 Å². The SMILES string of the molecule is COP(=O)(OC)C1=C[C@@H](C)[C@H]2CC=C[C@@H]2O1. The number of rotatable bonds is 3. The van der Waals surface area contributed by atoms with Gasteiger partial charge in [-0.15, -0.1) is 0 Å². The highest BCUT2D eigenvalue weighted by molar-refractivity contribution is 7.58. The minimum absolute atomic E-state index is 0.00799.